The highest BCUT2D eigenvalue weighted by molar-refractivity contribution is 8.00. The highest BCUT2D eigenvalue weighted by Crippen LogP contribution is 2.35. The normalized spacial score (nSPS) is 23.0. The number of thioether (sulfide) groups is 1. The molecule has 1 aliphatic carbocycles. The molecule has 0 aromatic carbocycles. The number of hydrogen-bond donors (Lipinski definition) is 2. The van der Waals surface area contributed by atoms with Crippen molar-refractivity contribution in [2.45, 2.75) is 19.8 Å². The summed E-state index contributed by atoms with van der Waals surface area (Å²) >= 11 is 1.96. The Bertz CT molecular complexity index is 227. The second-order valence-corrected chi connectivity index (χ2v) is 5.88. The highest BCUT2D eigenvalue weighted by Gasteiger charge is 2.27. The molecular formula is C11H20N2OS. The molecule has 3 nitrogen and oxygen atoms in total. The van der Waals surface area contributed by atoms with Gasteiger partial charge in [0, 0.05) is 13.1 Å². The molecule has 86 valence electrons. The SMILES string of the molecule is CC(CNC(=O)NCC1CSC1)C1CC1. The quantitative estimate of drug-likeness (QED) is 0.752. The van der Waals surface area contributed by atoms with Crippen LogP contribution in [0, 0.1) is 17.8 Å². The standard InChI is InChI=1S/C11H20N2OS/c1-8(10-2-3-10)4-12-11(14)13-5-9-6-15-7-9/h8-10H,2-7H2,1H3,(H2,12,13,14). The molecule has 0 aromatic rings. The summed E-state index contributed by atoms with van der Waals surface area (Å²) in [5, 5.41) is 5.89. The van der Waals surface area contributed by atoms with Crippen LogP contribution in [-0.2, 0) is 0 Å². The second-order valence-electron chi connectivity index (χ2n) is 4.81. The van der Waals surface area contributed by atoms with Crippen molar-refractivity contribution in [1.82, 2.24) is 10.6 Å². The zero-order chi connectivity index (χ0) is 10.7. The third kappa shape index (κ3) is 3.59. The Balaban J connectivity index is 1.51. The summed E-state index contributed by atoms with van der Waals surface area (Å²) in [6.45, 7) is 3.90. The topological polar surface area (TPSA) is 41.1 Å². The maximum atomic E-state index is 11.4. The van der Waals surface area contributed by atoms with Gasteiger partial charge in [0.2, 0.25) is 0 Å². The van der Waals surface area contributed by atoms with Gasteiger partial charge in [-0.2, -0.15) is 11.8 Å². The summed E-state index contributed by atoms with van der Waals surface area (Å²) < 4.78 is 0. The number of carbonyl (C=O) groups is 1. The number of rotatable bonds is 5. The number of amides is 2. The van der Waals surface area contributed by atoms with Gasteiger partial charge in [-0.25, -0.2) is 4.79 Å². The van der Waals surface area contributed by atoms with Crippen LogP contribution in [0.5, 0.6) is 0 Å². The van der Waals surface area contributed by atoms with Crippen LogP contribution in [0.2, 0.25) is 0 Å². The number of urea groups is 1. The van der Waals surface area contributed by atoms with Crippen LogP contribution in [0.25, 0.3) is 0 Å². The van der Waals surface area contributed by atoms with Crippen molar-refractivity contribution < 1.29 is 4.79 Å². The summed E-state index contributed by atoms with van der Waals surface area (Å²) in [4.78, 5) is 11.4. The maximum absolute atomic E-state index is 11.4. The lowest BCUT2D eigenvalue weighted by molar-refractivity contribution is 0.237. The first-order valence-electron chi connectivity index (χ1n) is 5.85. The molecule has 1 unspecified atom stereocenters. The van der Waals surface area contributed by atoms with Crippen LogP contribution >= 0.6 is 11.8 Å². The van der Waals surface area contributed by atoms with Gasteiger partial charge in [0.05, 0.1) is 0 Å². The van der Waals surface area contributed by atoms with Crippen molar-refractivity contribution in [3.05, 3.63) is 0 Å². The van der Waals surface area contributed by atoms with Gasteiger partial charge in [-0.1, -0.05) is 6.92 Å². The van der Waals surface area contributed by atoms with E-state index in [0.717, 1.165) is 19.0 Å². The Morgan fingerprint density at radius 2 is 2.13 bits per heavy atom. The summed E-state index contributed by atoms with van der Waals surface area (Å²) in [6, 6.07) is 0.0133. The van der Waals surface area contributed by atoms with Gasteiger partial charge in [0.15, 0.2) is 0 Å². The van der Waals surface area contributed by atoms with Crippen molar-refractivity contribution in [2.75, 3.05) is 24.6 Å². The maximum Gasteiger partial charge on any atom is 0.314 e. The molecule has 4 heteroatoms. The van der Waals surface area contributed by atoms with E-state index in [9.17, 15) is 4.79 Å². The fourth-order valence-corrected chi connectivity index (χ4v) is 2.59. The largest absolute Gasteiger partial charge is 0.338 e. The van der Waals surface area contributed by atoms with Gasteiger partial charge < -0.3 is 10.6 Å². The van der Waals surface area contributed by atoms with E-state index in [1.165, 1.54) is 24.3 Å². The first-order chi connectivity index (χ1) is 7.25. The minimum absolute atomic E-state index is 0.0133. The average Bonchev–Trinajstić information content (AvgIpc) is 2.94. The summed E-state index contributed by atoms with van der Waals surface area (Å²) in [6.07, 6.45) is 2.70. The van der Waals surface area contributed by atoms with E-state index in [4.69, 9.17) is 0 Å². The lowest BCUT2D eigenvalue weighted by Crippen LogP contribution is -2.42. The third-order valence-corrected chi connectivity index (χ3v) is 4.68. The Morgan fingerprint density at radius 3 is 2.67 bits per heavy atom. The number of nitrogens with one attached hydrogen (secondary N) is 2. The van der Waals surface area contributed by atoms with E-state index in [0.29, 0.717) is 11.8 Å². The van der Waals surface area contributed by atoms with Crippen LogP contribution in [-0.4, -0.2) is 30.6 Å². The van der Waals surface area contributed by atoms with Crippen LogP contribution in [0.1, 0.15) is 19.8 Å². The molecule has 2 amide bonds. The molecule has 1 heterocycles. The molecular weight excluding hydrogens is 208 g/mol. The van der Waals surface area contributed by atoms with Gasteiger partial charge >= 0.3 is 6.03 Å². The van der Waals surface area contributed by atoms with E-state index in [1.807, 2.05) is 11.8 Å². The van der Waals surface area contributed by atoms with Crippen molar-refractivity contribution >= 4 is 17.8 Å². The van der Waals surface area contributed by atoms with Gasteiger partial charge in [0.25, 0.3) is 0 Å². The molecule has 1 aliphatic heterocycles. The fourth-order valence-electron chi connectivity index (χ4n) is 1.79. The molecule has 0 bridgehead atoms. The molecule has 0 aromatic heterocycles. The minimum atomic E-state index is 0.0133. The fraction of sp³-hybridized carbons (Fsp3) is 0.909. The average molecular weight is 228 g/mol. The first kappa shape index (κ1) is 11.1. The molecule has 2 N–H and O–H groups in total. The van der Waals surface area contributed by atoms with Gasteiger partial charge in [0.1, 0.15) is 0 Å². The van der Waals surface area contributed by atoms with Crippen LogP contribution in [0.4, 0.5) is 4.79 Å². The highest BCUT2D eigenvalue weighted by atomic mass is 32.2. The smallest absolute Gasteiger partial charge is 0.314 e. The molecule has 0 spiro atoms. The molecule has 2 fully saturated rings. The predicted molar refractivity (Wildman–Crippen MR) is 64.1 cm³/mol. The lowest BCUT2D eigenvalue weighted by atomic mass is 10.1. The van der Waals surface area contributed by atoms with Gasteiger partial charge in [-0.05, 0) is 42.1 Å². The van der Waals surface area contributed by atoms with Gasteiger partial charge in [-0.3, -0.25) is 0 Å². The van der Waals surface area contributed by atoms with Crippen molar-refractivity contribution in [2.24, 2.45) is 17.8 Å². The molecule has 15 heavy (non-hydrogen) atoms. The Kier molecular flexibility index (Phi) is 3.78. The van der Waals surface area contributed by atoms with E-state index in [2.05, 4.69) is 17.6 Å². The van der Waals surface area contributed by atoms with E-state index < -0.39 is 0 Å². The molecule has 1 atom stereocenters. The number of hydrogen-bond acceptors (Lipinski definition) is 2. The van der Waals surface area contributed by atoms with Crippen LogP contribution in [0.3, 0.4) is 0 Å². The summed E-state index contributed by atoms with van der Waals surface area (Å²) in [7, 11) is 0. The Morgan fingerprint density at radius 1 is 1.40 bits per heavy atom. The second kappa shape index (κ2) is 5.10. The van der Waals surface area contributed by atoms with Crippen molar-refractivity contribution in [1.29, 1.82) is 0 Å². The zero-order valence-corrected chi connectivity index (χ0v) is 10.1. The van der Waals surface area contributed by atoms with E-state index in [-0.39, 0.29) is 6.03 Å². The molecule has 1 saturated carbocycles. The van der Waals surface area contributed by atoms with Crippen molar-refractivity contribution in [3.8, 4) is 0 Å². The zero-order valence-electron chi connectivity index (χ0n) is 9.29. The van der Waals surface area contributed by atoms with E-state index >= 15 is 0 Å². The summed E-state index contributed by atoms with van der Waals surface area (Å²) in [5.74, 6) is 4.64. The monoisotopic (exact) mass is 228 g/mol. The van der Waals surface area contributed by atoms with Crippen molar-refractivity contribution in [3.63, 3.8) is 0 Å². The van der Waals surface area contributed by atoms with Crippen LogP contribution in [0.15, 0.2) is 0 Å². The third-order valence-electron chi connectivity index (χ3n) is 3.27. The molecule has 2 rings (SSSR count). The Labute approximate surface area is 95.8 Å². The molecule has 2 aliphatic rings. The summed E-state index contributed by atoms with van der Waals surface area (Å²) in [5.41, 5.74) is 0. The lowest BCUT2D eigenvalue weighted by Gasteiger charge is -2.25. The molecule has 1 saturated heterocycles. The van der Waals surface area contributed by atoms with Crippen LogP contribution < -0.4 is 10.6 Å². The van der Waals surface area contributed by atoms with Gasteiger partial charge in [-0.15, -0.1) is 0 Å². The van der Waals surface area contributed by atoms with E-state index in [1.54, 1.807) is 0 Å². The predicted octanol–water partition coefficient (Wildman–Crippen LogP) is 1.69. The Hall–Kier alpha value is -0.380. The number of carbonyl (C=O) groups excluding carboxylic acids is 1. The molecule has 0 radical (unpaired) electrons. The minimum Gasteiger partial charge on any atom is -0.338 e. The first-order valence-corrected chi connectivity index (χ1v) is 7.00.